The summed E-state index contributed by atoms with van der Waals surface area (Å²) in [6.45, 7) is 1.55. The summed E-state index contributed by atoms with van der Waals surface area (Å²) in [6, 6.07) is 5.66. The van der Waals surface area contributed by atoms with Gasteiger partial charge in [0.05, 0.1) is 39.9 Å². The number of carbonyl (C=O) groups is 1. The lowest BCUT2D eigenvalue weighted by atomic mass is 10.2. The minimum absolute atomic E-state index is 0.00335. The van der Waals surface area contributed by atoms with Gasteiger partial charge in [-0.1, -0.05) is 0 Å². The van der Waals surface area contributed by atoms with Crippen LogP contribution in [0.15, 0.2) is 24.3 Å². The third kappa shape index (κ3) is 2.85. The average Bonchev–Trinajstić information content (AvgIpc) is 2.28. The van der Waals surface area contributed by atoms with Crippen molar-refractivity contribution in [2.75, 3.05) is 8.27 Å². The van der Waals surface area contributed by atoms with Crippen LogP contribution < -0.4 is 2.52 Å². The SMILES string of the molecule is CCS(=O)(=O)N(I)c1ccc(C(=O)O)cc1. The predicted octanol–water partition coefficient (Wildman–Crippen LogP) is 1.89. The molecule has 1 aromatic rings. The van der Waals surface area contributed by atoms with Crippen LogP contribution in [-0.4, -0.2) is 25.2 Å². The summed E-state index contributed by atoms with van der Waals surface area (Å²) in [6.07, 6.45) is 0. The van der Waals surface area contributed by atoms with E-state index in [4.69, 9.17) is 5.11 Å². The van der Waals surface area contributed by atoms with Crippen molar-refractivity contribution >= 4 is 44.5 Å². The Morgan fingerprint density at radius 2 is 1.88 bits per heavy atom. The van der Waals surface area contributed by atoms with E-state index in [0.717, 1.165) is 2.52 Å². The highest BCUT2D eigenvalue weighted by Crippen LogP contribution is 2.23. The Kier molecular flexibility index (Phi) is 4.14. The summed E-state index contributed by atoms with van der Waals surface area (Å²) >= 11 is 1.68. The average molecular weight is 355 g/mol. The first-order valence-corrected chi connectivity index (χ1v) is 6.98. The number of hydrogen-bond acceptors (Lipinski definition) is 3. The van der Waals surface area contributed by atoms with Crippen LogP contribution in [0.2, 0.25) is 0 Å². The fraction of sp³-hybridized carbons (Fsp3) is 0.222. The molecule has 0 aromatic heterocycles. The van der Waals surface area contributed by atoms with E-state index in [1.54, 1.807) is 29.8 Å². The summed E-state index contributed by atoms with van der Waals surface area (Å²) in [7, 11) is -3.31. The molecular formula is C9H10INO4S. The quantitative estimate of drug-likeness (QED) is 0.661. The van der Waals surface area contributed by atoms with Crippen molar-refractivity contribution in [1.82, 2.24) is 0 Å². The lowest BCUT2D eigenvalue weighted by molar-refractivity contribution is 0.0697. The maximum Gasteiger partial charge on any atom is 0.335 e. The number of rotatable bonds is 4. The third-order valence-corrected chi connectivity index (χ3v) is 5.71. The molecule has 0 heterocycles. The monoisotopic (exact) mass is 355 g/mol. The Hall–Kier alpha value is -0.830. The lowest BCUT2D eigenvalue weighted by Gasteiger charge is -2.15. The number of anilines is 1. The van der Waals surface area contributed by atoms with Gasteiger partial charge >= 0.3 is 5.97 Å². The normalized spacial score (nSPS) is 11.1. The van der Waals surface area contributed by atoms with E-state index in [0.29, 0.717) is 5.69 Å². The Labute approximate surface area is 108 Å². The standard InChI is InChI=1S/C9H10INO4S/c1-2-16(14,15)11(10)8-5-3-7(4-6-8)9(12)13/h3-6H,2H2,1H3,(H,12,13). The van der Waals surface area contributed by atoms with Crippen LogP contribution in [0.3, 0.4) is 0 Å². The Morgan fingerprint density at radius 1 is 1.38 bits per heavy atom. The molecule has 0 unspecified atom stereocenters. The number of carboxylic acid groups (broad SMARTS) is 1. The highest BCUT2D eigenvalue weighted by atomic mass is 127. The highest BCUT2D eigenvalue weighted by Gasteiger charge is 2.17. The van der Waals surface area contributed by atoms with Crippen LogP contribution in [0.4, 0.5) is 5.69 Å². The number of aromatic carboxylic acids is 1. The van der Waals surface area contributed by atoms with Gasteiger partial charge in [-0.2, -0.15) is 0 Å². The fourth-order valence-corrected chi connectivity index (χ4v) is 2.82. The molecule has 0 aliphatic heterocycles. The van der Waals surface area contributed by atoms with Gasteiger partial charge in [-0.15, -0.1) is 0 Å². The molecule has 88 valence electrons. The highest BCUT2D eigenvalue weighted by molar-refractivity contribution is 14.1. The van der Waals surface area contributed by atoms with Gasteiger partial charge in [0.15, 0.2) is 0 Å². The van der Waals surface area contributed by atoms with Crippen LogP contribution in [-0.2, 0) is 10.0 Å². The molecule has 1 rings (SSSR count). The summed E-state index contributed by atoms with van der Waals surface area (Å²) in [5.41, 5.74) is 0.565. The van der Waals surface area contributed by atoms with Crippen LogP contribution >= 0.6 is 22.9 Å². The first-order valence-electron chi connectivity index (χ1n) is 4.40. The zero-order valence-corrected chi connectivity index (χ0v) is 11.4. The smallest absolute Gasteiger partial charge is 0.335 e. The molecule has 0 saturated carbocycles. The Balaban J connectivity index is 3.03. The second kappa shape index (κ2) is 5.00. The summed E-state index contributed by atoms with van der Waals surface area (Å²) in [4.78, 5) is 10.6. The first-order chi connectivity index (χ1) is 7.38. The van der Waals surface area contributed by atoms with Crippen molar-refractivity contribution in [3.8, 4) is 0 Å². The Bertz CT molecular complexity index is 483. The third-order valence-electron chi connectivity index (χ3n) is 1.93. The molecule has 0 bridgehead atoms. The Morgan fingerprint density at radius 3 is 2.25 bits per heavy atom. The summed E-state index contributed by atoms with van der Waals surface area (Å²) in [5.74, 6) is -1.04. The predicted molar refractivity (Wildman–Crippen MR) is 69.4 cm³/mol. The van der Waals surface area contributed by atoms with Crippen molar-refractivity contribution in [3.63, 3.8) is 0 Å². The van der Waals surface area contributed by atoms with Crippen LogP contribution in [0.25, 0.3) is 0 Å². The van der Waals surface area contributed by atoms with Gasteiger partial charge in [0.1, 0.15) is 0 Å². The number of halogens is 1. The number of benzene rings is 1. The van der Waals surface area contributed by atoms with Crippen LogP contribution in [0.5, 0.6) is 0 Å². The van der Waals surface area contributed by atoms with Gasteiger partial charge in [0, 0.05) is 0 Å². The van der Waals surface area contributed by atoms with E-state index in [1.807, 2.05) is 0 Å². The van der Waals surface area contributed by atoms with Gasteiger partial charge in [0.2, 0.25) is 10.0 Å². The van der Waals surface area contributed by atoms with E-state index in [1.165, 1.54) is 24.3 Å². The van der Waals surface area contributed by atoms with Gasteiger partial charge in [-0.25, -0.2) is 15.7 Å². The number of nitrogens with zero attached hydrogens (tertiary/aromatic N) is 1. The summed E-state index contributed by atoms with van der Waals surface area (Å²) in [5, 5.41) is 8.69. The topological polar surface area (TPSA) is 74.7 Å². The second-order valence-electron chi connectivity index (χ2n) is 2.97. The lowest BCUT2D eigenvalue weighted by Crippen LogP contribution is -2.22. The first kappa shape index (κ1) is 13.2. The zero-order valence-electron chi connectivity index (χ0n) is 8.42. The maximum absolute atomic E-state index is 11.5. The minimum atomic E-state index is -3.31. The summed E-state index contributed by atoms with van der Waals surface area (Å²) < 4.78 is 24.1. The van der Waals surface area contributed by atoms with Crippen LogP contribution in [0.1, 0.15) is 17.3 Å². The maximum atomic E-state index is 11.5. The molecule has 16 heavy (non-hydrogen) atoms. The van der Waals surface area contributed by atoms with Crippen molar-refractivity contribution in [3.05, 3.63) is 29.8 Å². The van der Waals surface area contributed by atoms with Crippen LogP contribution in [0, 0.1) is 0 Å². The van der Waals surface area contributed by atoms with Crippen molar-refractivity contribution in [1.29, 1.82) is 0 Å². The molecule has 0 fully saturated rings. The number of carboxylic acids is 1. The minimum Gasteiger partial charge on any atom is -0.478 e. The van der Waals surface area contributed by atoms with E-state index >= 15 is 0 Å². The van der Waals surface area contributed by atoms with E-state index in [2.05, 4.69) is 0 Å². The van der Waals surface area contributed by atoms with Crippen molar-refractivity contribution in [2.24, 2.45) is 0 Å². The second-order valence-corrected chi connectivity index (χ2v) is 6.69. The molecule has 0 saturated heterocycles. The molecule has 0 aliphatic rings. The molecule has 7 heteroatoms. The largest absolute Gasteiger partial charge is 0.478 e. The molecule has 0 amide bonds. The number of sulfonamides is 1. The number of hydrogen-bond donors (Lipinski definition) is 1. The fourth-order valence-electron chi connectivity index (χ4n) is 0.995. The van der Waals surface area contributed by atoms with Gasteiger partial charge < -0.3 is 5.11 Å². The van der Waals surface area contributed by atoms with Crippen molar-refractivity contribution < 1.29 is 18.3 Å². The molecule has 0 radical (unpaired) electrons. The zero-order chi connectivity index (χ0) is 12.3. The van der Waals surface area contributed by atoms with Gasteiger partial charge in [-0.05, 0) is 31.2 Å². The van der Waals surface area contributed by atoms with Gasteiger partial charge in [0.25, 0.3) is 0 Å². The molecule has 0 atom stereocenters. The van der Waals surface area contributed by atoms with Crippen molar-refractivity contribution in [2.45, 2.75) is 6.92 Å². The van der Waals surface area contributed by atoms with Gasteiger partial charge in [-0.3, -0.25) is 0 Å². The van der Waals surface area contributed by atoms with E-state index in [-0.39, 0.29) is 11.3 Å². The molecule has 1 N–H and O–H groups in total. The molecule has 0 aliphatic carbocycles. The molecular weight excluding hydrogens is 345 g/mol. The van der Waals surface area contributed by atoms with E-state index in [9.17, 15) is 13.2 Å². The van der Waals surface area contributed by atoms with E-state index < -0.39 is 16.0 Å². The molecule has 1 aromatic carbocycles. The molecule has 0 spiro atoms. The molecule has 5 nitrogen and oxygen atoms in total.